The zero-order valence-electron chi connectivity index (χ0n) is 17.5. The number of ketones is 1. The molecule has 28 heavy (non-hydrogen) atoms. The van der Waals surface area contributed by atoms with Gasteiger partial charge in [-0.05, 0) is 34.1 Å². The second-order valence-electron chi connectivity index (χ2n) is 8.86. The van der Waals surface area contributed by atoms with Gasteiger partial charge in [0.25, 0.3) is 0 Å². The van der Waals surface area contributed by atoms with Crippen molar-refractivity contribution in [1.82, 2.24) is 0 Å². The van der Waals surface area contributed by atoms with Gasteiger partial charge in [-0.15, -0.1) is 0 Å². The van der Waals surface area contributed by atoms with Crippen molar-refractivity contribution >= 4 is 5.78 Å². The molecule has 0 aliphatic carbocycles. The van der Waals surface area contributed by atoms with Crippen molar-refractivity contribution < 1.29 is 28.9 Å². The molecule has 3 rings (SSSR count). The summed E-state index contributed by atoms with van der Waals surface area (Å²) in [6, 6.07) is 0. The highest BCUT2D eigenvalue weighted by molar-refractivity contribution is 5.85. The zero-order chi connectivity index (χ0) is 21.2. The SMILES string of the molecule is Cc1oc(=O)c2c(c1C)OC1(C)C(C2)C(C)C(C)(O)OC1C(O)C(=O)C(C)C. The summed E-state index contributed by atoms with van der Waals surface area (Å²) in [5, 5.41) is 21.7. The topological polar surface area (TPSA) is 106 Å². The molecule has 0 bridgehead atoms. The molecule has 0 aromatic carbocycles. The second-order valence-corrected chi connectivity index (χ2v) is 8.86. The number of aryl methyl sites for hydroxylation is 1. The molecule has 1 aromatic rings. The largest absolute Gasteiger partial charge is 0.483 e. The molecule has 2 aliphatic heterocycles. The van der Waals surface area contributed by atoms with Crippen molar-refractivity contribution in [3.05, 3.63) is 27.3 Å². The molecule has 6 atom stereocenters. The molecule has 0 spiro atoms. The van der Waals surface area contributed by atoms with Crippen LogP contribution in [0.5, 0.6) is 5.75 Å². The maximum atomic E-state index is 12.5. The minimum atomic E-state index is -1.59. The zero-order valence-corrected chi connectivity index (χ0v) is 17.5. The van der Waals surface area contributed by atoms with Gasteiger partial charge in [0.2, 0.25) is 0 Å². The van der Waals surface area contributed by atoms with E-state index in [9.17, 15) is 19.8 Å². The lowest BCUT2D eigenvalue weighted by Crippen LogP contribution is -2.70. The Bertz CT molecular complexity index is 853. The van der Waals surface area contributed by atoms with Crippen LogP contribution >= 0.6 is 0 Å². The molecule has 0 amide bonds. The van der Waals surface area contributed by atoms with Crippen molar-refractivity contribution in [3.63, 3.8) is 0 Å². The normalized spacial score (nSPS) is 35.7. The van der Waals surface area contributed by atoms with Crippen LogP contribution in [0.3, 0.4) is 0 Å². The first-order valence-electron chi connectivity index (χ1n) is 9.75. The Morgan fingerprint density at radius 1 is 1.25 bits per heavy atom. The molecule has 0 radical (unpaired) electrons. The van der Waals surface area contributed by atoms with Crippen molar-refractivity contribution in [3.8, 4) is 5.75 Å². The summed E-state index contributed by atoms with van der Waals surface area (Å²) in [5.74, 6) is -2.29. The number of ether oxygens (including phenoxy) is 2. The van der Waals surface area contributed by atoms with Crippen molar-refractivity contribution in [2.75, 3.05) is 0 Å². The number of hydrogen-bond acceptors (Lipinski definition) is 7. The molecule has 6 unspecified atom stereocenters. The van der Waals surface area contributed by atoms with Crippen LogP contribution in [0.2, 0.25) is 0 Å². The fraction of sp³-hybridized carbons (Fsp3) is 0.714. The van der Waals surface area contributed by atoms with Gasteiger partial charge in [0.15, 0.2) is 11.6 Å². The molecular weight excluding hydrogens is 364 g/mol. The highest BCUT2D eigenvalue weighted by Crippen LogP contribution is 2.51. The summed E-state index contributed by atoms with van der Waals surface area (Å²) in [7, 11) is 0. The molecule has 3 heterocycles. The molecule has 2 N–H and O–H groups in total. The number of aliphatic hydroxyl groups is 2. The average molecular weight is 394 g/mol. The highest BCUT2D eigenvalue weighted by Gasteiger charge is 2.62. The minimum absolute atomic E-state index is 0.301. The third-order valence-electron chi connectivity index (χ3n) is 6.64. The summed E-state index contributed by atoms with van der Waals surface area (Å²) < 4.78 is 17.5. The van der Waals surface area contributed by atoms with Gasteiger partial charge in [-0.3, -0.25) is 4.79 Å². The van der Waals surface area contributed by atoms with Gasteiger partial charge in [-0.25, -0.2) is 4.79 Å². The van der Waals surface area contributed by atoms with E-state index in [-0.39, 0.29) is 11.7 Å². The predicted octanol–water partition coefficient (Wildman–Crippen LogP) is 1.90. The lowest BCUT2D eigenvalue weighted by molar-refractivity contribution is -0.342. The van der Waals surface area contributed by atoms with Gasteiger partial charge in [0, 0.05) is 23.3 Å². The lowest BCUT2D eigenvalue weighted by Gasteiger charge is -2.57. The van der Waals surface area contributed by atoms with Gasteiger partial charge >= 0.3 is 5.63 Å². The van der Waals surface area contributed by atoms with E-state index in [1.165, 1.54) is 6.92 Å². The van der Waals surface area contributed by atoms with E-state index in [2.05, 4.69) is 0 Å². The van der Waals surface area contributed by atoms with Crippen molar-refractivity contribution in [1.29, 1.82) is 0 Å². The molecular formula is C21H30O7. The lowest BCUT2D eigenvalue weighted by atomic mass is 9.65. The summed E-state index contributed by atoms with van der Waals surface area (Å²) in [6.07, 6.45) is -2.25. The maximum Gasteiger partial charge on any atom is 0.342 e. The second kappa shape index (κ2) is 6.68. The van der Waals surface area contributed by atoms with Crippen LogP contribution in [0.1, 0.15) is 51.5 Å². The third-order valence-corrected chi connectivity index (χ3v) is 6.64. The van der Waals surface area contributed by atoms with Gasteiger partial charge in [-0.1, -0.05) is 20.8 Å². The van der Waals surface area contributed by atoms with E-state index >= 15 is 0 Å². The summed E-state index contributed by atoms with van der Waals surface area (Å²) in [5.41, 5.74) is -0.459. The van der Waals surface area contributed by atoms with Gasteiger partial charge < -0.3 is 24.1 Å². The molecule has 7 nitrogen and oxygen atoms in total. The molecule has 1 saturated heterocycles. The molecule has 1 fully saturated rings. The third kappa shape index (κ3) is 3.00. The first-order chi connectivity index (χ1) is 12.8. The number of carbonyl (C=O) groups is 1. The van der Waals surface area contributed by atoms with E-state index in [4.69, 9.17) is 13.9 Å². The van der Waals surface area contributed by atoms with Crippen LogP contribution in [0, 0.1) is 31.6 Å². The molecule has 7 heteroatoms. The number of aliphatic hydroxyl groups excluding tert-OH is 1. The van der Waals surface area contributed by atoms with Gasteiger partial charge in [-0.2, -0.15) is 0 Å². The van der Waals surface area contributed by atoms with Crippen LogP contribution in [-0.4, -0.2) is 39.6 Å². The Balaban J connectivity index is 2.16. The average Bonchev–Trinajstić information content (AvgIpc) is 2.61. The van der Waals surface area contributed by atoms with E-state index in [0.29, 0.717) is 29.1 Å². The standard InChI is InChI=1S/C21H30O7/c1-9(2)15(22)16(23)18-20(6)14(11(4)21(7,25)28-18)8-13-17(27-20)10(3)12(5)26-19(13)24/h9,11,14,16,18,23,25H,8H2,1-7H3. The Morgan fingerprint density at radius 3 is 2.43 bits per heavy atom. The predicted molar refractivity (Wildman–Crippen MR) is 101 cm³/mol. The summed E-state index contributed by atoms with van der Waals surface area (Å²) in [6.45, 7) is 12.0. The number of hydrogen-bond donors (Lipinski definition) is 2. The number of fused-ring (bicyclic) bond motifs is 2. The summed E-state index contributed by atoms with van der Waals surface area (Å²) in [4.78, 5) is 25.0. The minimum Gasteiger partial charge on any atom is -0.483 e. The van der Waals surface area contributed by atoms with Crippen LogP contribution in [0.15, 0.2) is 9.21 Å². The van der Waals surface area contributed by atoms with Crippen molar-refractivity contribution in [2.24, 2.45) is 17.8 Å². The van der Waals surface area contributed by atoms with Crippen LogP contribution in [-0.2, 0) is 16.0 Å². The van der Waals surface area contributed by atoms with Crippen LogP contribution in [0.4, 0.5) is 0 Å². The Labute approximate surface area is 164 Å². The molecule has 1 aromatic heterocycles. The fourth-order valence-corrected chi connectivity index (χ4v) is 4.45. The fourth-order valence-electron chi connectivity index (χ4n) is 4.45. The monoisotopic (exact) mass is 394 g/mol. The maximum absolute atomic E-state index is 12.5. The quantitative estimate of drug-likeness (QED) is 0.806. The smallest absolute Gasteiger partial charge is 0.342 e. The Morgan fingerprint density at radius 2 is 1.86 bits per heavy atom. The van der Waals surface area contributed by atoms with Gasteiger partial charge in [0.1, 0.15) is 29.3 Å². The molecule has 156 valence electrons. The highest BCUT2D eigenvalue weighted by atomic mass is 16.7. The first-order valence-corrected chi connectivity index (χ1v) is 9.75. The van der Waals surface area contributed by atoms with E-state index in [0.717, 1.165) is 0 Å². The Hall–Kier alpha value is -1.70. The Kier molecular flexibility index (Phi) is 5.01. The van der Waals surface area contributed by atoms with E-state index in [1.807, 2.05) is 6.92 Å². The van der Waals surface area contributed by atoms with Gasteiger partial charge in [0.05, 0.1) is 5.56 Å². The summed E-state index contributed by atoms with van der Waals surface area (Å²) >= 11 is 0. The number of Topliss-reactive ketones (excluding diaryl/α,β-unsaturated/α-hetero) is 1. The van der Waals surface area contributed by atoms with E-state index < -0.39 is 41.1 Å². The molecule has 2 aliphatic rings. The van der Waals surface area contributed by atoms with Crippen LogP contribution in [0.25, 0.3) is 0 Å². The van der Waals surface area contributed by atoms with E-state index in [1.54, 1.807) is 34.6 Å². The van der Waals surface area contributed by atoms with Crippen molar-refractivity contribution in [2.45, 2.75) is 78.5 Å². The van der Waals surface area contributed by atoms with Crippen LogP contribution < -0.4 is 10.4 Å². The molecule has 0 saturated carbocycles. The number of rotatable bonds is 3. The first kappa shape index (κ1) is 21.0. The number of carbonyl (C=O) groups excluding carboxylic acids is 1.